The van der Waals surface area contributed by atoms with E-state index in [4.69, 9.17) is 14.6 Å². The number of rotatable bonds is 1. The third-order valence-electron chi connectivity index (χ3n) is 3.49. The maximum atomic E-state index is 9.10. The Balaban J connectivity index is 2.36. The molecule has 17 heavy (non-hydrogen) atoms. The van der Waals surface area contributed by atoms with Crippen molar-refractivity contribution in [1.29, 1.82) is 5.26 Å². The second kappa shape index (κ2) is 3.84. The normalized spacial score (nSPS) is 21.5. The lowest BCUT2D eigenvalue weighted by atomic mass is 9.79. The summed E-state index contributed by atoms with van der Waals surface area (Å²) in [5, 5.41) is 9.10. The molecule has 1 saturated heterocycles. The molecule has 0 aliphatic carbocycles. The molecule has 5 heteroatoms. The fraction of sp³-hybridized carbons (Fsp3) is 0.583. The van der Waals surface area contributed by atoms with Gasteiger partial charge in [-0.05, 0) is 40.7 Å². The van der Waals surface area contributed by atoms with E-state index >= 15 is 0 Å². The van der Waals surface area contributed by atoms with Gasteiger partial charge in [0.1, 0.15) is 10.9 Å². The van der Waals surface area contributed by atoms with Gasteiger partial charge in [0, 0.05) is 10.3 Å². The van der Waals surface area contributed by atoms with Gasteiger partial charge in [0.15, 0.2) is 0 Å². The minimum absolute atomic E-state index is 0.361. The maximum Gasteiger partial charge on any atom is 0.497 e. The number of nitriles is 1. The lowest BCUT2D eigenvalue weighted by Crippen LogP contribution is -2.41. The molecule has 0 radical (unpaired) electrons. The average molecular weight is 249 g/mol. The Hall–Kier alpha value is -0.825. The fourth-order valence-corrected chi connectivity index (χ4v) is 2.59. The first kappa shape index (κ1) is 12.6. The summed E-state index contributed by atoms with van der Waals surface area (Å²) in [5.41, 5.74) is 0.133. The molecule has 0 N–H and O–H groups in total. The summed E-state index contributed by atoms with van der Waals surface area (Å²) in [6.07, 6.45) is 0. The van der Waals surface area contributed by atoms with E-state index in [1.807, 2.05) is 40.7 Å². The number of aryl methyl sites for hydroxylation is 1. The van der Waals surface area contributed by atoms with Crippen LogP contribution in [0.5, 0.6) is 0 Å². The van der Waals surface area contributed by atoms with Crippen molar-refractivity contribution in [2.45, 2.75) is 45.8 Å². The molecular formula is C12H16BNO2S. The van der Waals surface area contributed by atoms with E-state index in [-0.39, 0.29) is 11.2 Å². The molecule has 1 aromatic heterocycles. The Kier molecular flexibility index (Phi) is 2.85. The Morgan fingerprint density at radius 1 is 1.24 bits per heavy atom. The first-order valence-electron chi connectivity index (χ1n) is 5.63. The number of hydrogen-bond donors (Lipinski definition) is 0. The van der Waals surface area contributed by atoms with Crippen LogP contribution in [-0.2, 0) is 9.31 Å². The molecule has 0 bridgehead atoms. The quantitative estimate of drug-likeness (QED) is 0.717. The van der Waals surface area contributed by atoms with E-state index in [0.717, 1.165) is 10.3 Å². The summed E-state index contributed by atoms with van der Waals surface area (Å²) in [6, 6.07) is 4.18. The molecule has 0 spiro atoms. The van der Waals surface area contributed by atoms with E-state index < -0.39 is 7.12 Å². The monoisotopic (exact) mass is 249 g/mol. The first-order chi connectivity index (χ1) is 7.77. The predicted molar refractivity (Wildman–Crippen MR) is 69.5 cm³/mol. The average Bonchev–Trinajstić information content (AvgIpc) is 2.65. The highest BCUT2D eigenvalue weighted by Crippen LogP contribution is 2.37. The molecule has 0 aromatic carbocycles. The Bertz CT molecular complexity index is 471. The van der Waals surface area contributed by atoms with Crippen molar-refractivity contribution >= 4 is 23.9 Å². The van der Waals surface area contributed by atoms with Gasteiger partial charge in [-0.25, -0.2) is 0 Å². The van der Waals surface area contributed by atoms with Crippen LogP contribution in [0.2, 0.25) is 0 Å². The van der Waals surface area contributed by atoms with E-state index in [1.54, 1.807) is 0 Å². The van der Waals surface area contributed by atoms with E-state index in [9.17, 15) is 0 Å². The molecule has 90 valence electrons. The number of thiophene rings is 1. The highest BCUT2D eigenvalue weighted by molar-refractivity contribution is 7.14. The molecule has 1 aromatic rings. The van der Waals surface area contributed by atoms with Crippen LogP contribution in [0.1, 0.15) is 37.4 Å². The van der Waals surface area contributed by atoms with Crippen LogP contribution in [0.25, 0.3) is 0 Å². The molecule has 2 heterocycles. The topological polar surface area (TPSA) is 42.2 Å². The molecule has 0 atom stereocenters. The van der Waals surface area contributed by atoms with Gasteiger partial charge in [-0.2, -0.15) is 5.26 Å². The molecule has 0 amide bonds. The summed E-state index contributed by atoms with van der Waals surface area (Å²) < 4.78 is 11.9. The van der Waals surface area contributed by atoms with Gasteiger partial charge in [-0.3, -0.25) is 0 Å². The Morgan fingerprint density at radius 3 is 2.24 bits per heavy atom. The lowest BCUT2D eigenvalue weighted by molar-refractivity contribution is 0.00578. The van der Waals surface area contributed by atoms with Gasteiger partial charge in [-0.1, -0.05) is 0 Å². The summed E-state index contributed by atoms with van der Waals surface area (Å²) in [5.74, 6) is 0. The molecular weight excluding hydrogens is 233 g/mol. The third kappa shape index (κ3) is 2.01. The van der Waals surface area contributed by atoms with E-state index in [1.165, 1.54) is 11.3 Å². The minimum Gasteiger partial charge on any atom is -0.399 e. The number of nitrogens with zero attached hydrogens (tertiary/aromatic N) is 1. The van der Waals surface area contributed by atoms with Crippen molar-refractivity contribution in [3.05, 3.63) is 15.8 Å². The zero-order valence-corrected chi connectivity index (χ0v) is 11.6. The zero-order valence-electron chi connectivity index (χ0n) is 10.8. The van der Waals surface area contributed by atoms with Crippen LogP contribution in [0, 0.1) is 18.3 Å². The van der Waals surface area contributed by atoms with Crippen molar-refractivity contribution in [3.63, 3.8) is 0 Å². The molecule has 0 saturated carbocycles. The smallest absolute Gasteiger partial charge is 0.399 e. The van der Waals surface area contributed by atoms with Crippen molar-refractivity contribution in [1.82, 2.24) is 0 Å². The van der Waals surface area contributed by atoms with E-state index in [2.05, 4.69) is 6.07 Å². The fourth-order valence-electron chi connectivity index (χ4n) is 1.77. The first-order valence-corrected chi connectivity index (χ1v) is 6.44. The van der Waals surface area contributed by atoms with Crippen LogP contribution in [0.15, 0.2) is 6.07 Å². The lowest BCUT2D eigenvalue weighted by Gasteiger charge is -2.32. The van der Waals surface area contributed by atoms with Crippen molar-refractivity contribution < 1.29 is 9.31 Å². The van der Waals surface area contributed by atoms with Crippen molar-refractivity contribution in [2.24, 2.45) is 0 Å². The second-order valence-corrected chi connectivity index (χ2v) is 6.60. The second-order valence-electron chi connectivity index (χ2n) is 5.34. The van der Waals surface area contributed by atoms with Crippen LogP contribution < -0.4 is 5.46 Å². The highest BCUT2D eigenvalue weighted by Gasteiger charge is 2.52. The van der Waals surface area contributed by atoms with Gasteiger partial charge in [0.2, 0.25) is 0 Å². The molecule has 1 aliphatic heterocycles. The van der Waals surface area contributed by atoms with Crippen LogP contribution >= 0.6 is 11.3 Å². The largest absolute Gasteiger partial charge is 0.497 e. The number of hydrogen-bond acceptors (Lipinski definition) is 4. The van der Waals surface area contributed by atoms with Crippen LogP contribution in [-0.4, -0.2) is 18.3 Å². The molecule has 3 nitrogen and oxygen atoms in total. The van der Waals surface area contributed by atoms with Crippen molar-refractivity contribution in [2.75, 3.05) is 0 Å². The van der Waals surface area contributed by atoms with Gasteiger partial charge < -0.3 is 9.31 Å². The van der Waals surface area contributed by atoms with Crippen molar-refractivity contribution in [3.8, 4) is 6.07 Å². The molecule has 1 aliphatic rings. The highest BCUT2D eigenvalue weighted by atomic mass is 32.1. The summed E-state index contributed by atoms with van der Waals surface area (Å²) in [7, 11) is -0.431. The zero-order chi connectivity index (χ0) is 12.8. The Morgan fingerprint density at radius 2 is 1.76 bits per heavy atom. The minimum atomic E-state index is -0.431. The van der Waals surface area contributed by atoms with E-state index in [0.29, 0.717) is 4.88 Å². The third-order valence-corrected chi connectivity index (χ3v) is 4.46. The summed E-state index contributed by atoms with van der Waals surface area (Å²) >= 11 is 1.48. The van der Waals surface area contributed by atoms with Crippen LogP contribution in [0.4, 0.5) is 0 Å². The van der Waals surface area contributed by atoms with Gasteiger partial charge in [0.25, 0.3) is 0 Å². The standard InChI is InChI=1S/C12H16BNO2S/c1-8-6-9(10(7-14)17-8)13-15-11(2,3)12(4,5)16-13/h6H,1-5H3. The van der Waals surface area contributed by atoms with Gasteiger partial charge in [0.05, 0.1) is 11.2 Å². The van der Waals surface area contributed by atoms with Crippen LogP contribution in [0.3, 0.4) is 0 Å². The van der Waals surface area contributed by atoms with Gasteiger partial charge >= 0.3 is 7.12 Å². The molecule has 0 unspecified atom stereocenters. The van der Waals surface area contributed by atoms with Gasteiger partial charge in [-0.15, -0.1) is 11.3 Å². The predicted octanol–water partition coefficient (Wildman–Crippen LogP) is 2.23. The maximum absolute atomic E-state index is 9.10. The molecule has 1 fully saturated rings. The Labute approximate surface area is 106 Å². The molecule has 2 rings (SSSR count). The SMILES string of the molecule is Cc1cc(B2OC(C)(C)C(C)(C)O2)c(C#N)s1. The summed E-state index contributed by atoms with van der Waals surface area (Å²) in [6.45, 7) is 10.0. The summed E-state index contributed by atoms with van der Waals surface area (Å²) in [4.78, 5) is 1.78.